The van der Waals surface area contributed by atoms with Gasteiger partial charge in [0.2, 0.25) is 0 Å². The maximum atomic E-state index is 11.1. The van der Waals surface area contributed by atoms with Gasteiger partial charge in [-0.2, -0.15) is 0 Å². The van der Waals surface area contributed by atoms with E-state index in [4.69, 9.17) is 9.47 Å². The standard InChI is InChI=1S/C15H26O6/c1-7(8(2)16)15-13(21-15)4-10-6-20-12(5-11(10)18)14(19)9(3)17/h7-8,10-16,18-19H,4-6H2,1-3H3. The van der Waals surface area contributed by atoms with Crippen molar-refractivity contribution in [1.29, 1.82) is 0 Å². The summed E-state index contributed by atoms with van der Waals surface area (Å²) in [6.07, 6.45) is -1.79. The third kappa shape index (κ3) is 4.02. The Bertz CT molecular complexity index is 371. The van der Waals surface area contributed by atoms with Crippen LogP contribution in [0.2, 0.25) is 0 Å². The van der Waals surface area contributed by atoms with Crippen LogP contribution in [0.1, 0.15) is 33.6 Å². The fraction of sp³-hybridized carbons (Fsp3) is 0.933. The van der Waals surface area contributed by atoms with Crippen LogP contribution in [0.5, 0.6) is 0 Å². The van der Waals surface area contributed by atoms with Crippen LogP contribution in [-0.2, 0) is 14.3 Å². The lowest BCUT2D eigenvalue weighted by Gasteiger charge is -2.34. The zero-order valence-corrected chi connectivity index (χ0v) is 12.8. The quantitative estimate of drug-likeness (QED) is 0.591. The van der Waals surface area contributed by atoms with Crippen molar-refractivity contribution in [2.24, 2.45) is 11.8 Å². The summed E-state index contributed by atoms with van der Waals surface area (Å²) < 4.78 is 11.1. The van der Waals surface area contributed by atoms with Crippen LogP contribution < -0.4 is 0 Å². The number of ketones is 1. The van der Waals surface area contributed by atoms with E-state index in [0.29, 0.717) is 13.0 Å². The van der Waals surface area contributed by atoms with Gasteiger partial charge in [-0.1, -0.05) is 6.92 Å². The molecule has 0 aromatic carbocycles. The lowest BCUT2D eigenvalue weighted by atomic mass is 9.87. The molecule has 8 atom stereocenters. The Morgan fingerprint density at radius 1 is 1.33 bits per heavy atom. The lowest BCUT2D eigenvalue weighted by molar-refractivity contribution is -0.149. The highest BCUT2D eigenvalue weighted by molar-refractivity contribution is 5.80. The smallest absolute Gasteiger partial charge is 0.160 e. The van der Waals surface area contributed by atoms with Gasteiger partial charge >= 0.3 is 0 Å². The highest BCUT2D eigenvalue weighted by Crippen LogP contribution is 2.38. The Hall–Kier alpha value is -0.530. The van der Waals surface area contributed by atoms with E-state index in [-0.39, 0.29) is 36.2 Å². The zero-order chi connectivity index (χ0) is 15.7. The second kappa shape index (κ2) is 6.71. The van der Waals surface area contributed by atoms with Gasteiger partial charge in [0, 0.05) is 18.3 Å². The molecule has 21 heavy (non-hydrogen) atoms. The second-order valence-electron chi connectivity index (χ2n) is 6.46. The molecule has 2 rings (SSSR count). The molecule has 0 saturated carbocycles. The van der Waals surface area contributed by atoms with Crippen molar-refractivity contribution >= 4 is 5.78 Å². The molecule has 0 aromatic heterocycles. The zero-order valence-electron chi connectivity index (χ0n) is 12.8. The van der Waals surface area contributed by atoms with Crippen molar-refractivity contribution in [3.63, 3.8) is 0 Å². The minimum absolute atomic E-state index is 0.0396. The minimum Gasteiger partial charge on any atom is -0.393 e. The van der Waals surface area contributed by atoms with Crippen LogP contribution in [0.25, 0.3) is 0 Å². The summed E-state index contributed by atoms with van der Waals surface area (Å²) in [6.45, 7) is 5.32. The van der Waals surface area contributed by atoms with Gasteiger partial charge in [0.25, 0.3) is 0 Å². The Labute approximate surface area is 125 Å². The molecule has 6 nitrogen and oxygen atoms in total. The van der Waals surface area contributed by atoms with Crippen LogP contribution in [0, 0.1) is 11.8 Å². The summed E-state index contributed by atoms with van der Waals surface area (Å²) in [5.41, 5.74) is 0. The second-order valence-corrected chi connectivity index (χ2v) is 6.46. The van der Waals surface area contributed by atoms with E-state index in [2.05, 4.69) is 0 Å². The van der Waals surface area contributed by atoms with Crippen LogP contribution in [0.15, 0.2) is 0 Å². The molecule has 3 N–H and O–H groups in total. The highest BCUT2D eigenvalue weighted by atomic mass is 16.6. The van der Waals surface area contributed by atoms with Crippen molar-refractivity contribution in [2.45, 2.75) is 70.2 Å². The number of carbonyl (C=O) groups excluding carboxylic acids is 1. The molecule has 6 heteroatoms. The third-order valence-electron chi connectivity index (χ3n) is 4.75. The number of hydrogen-bond donors (Lipinski definition) is 3. The summed E-state index contributed by atoms with van der Waals surface area (Å²) in [4.78, 5) is 11.1. The van der Waals surface area contributed by atoms with Gasteiger partial charge in [-0.3, -0.25) is 4.79 Å². The fourth-order valence-corrected chi connectivity index (χ4v) is 2.95. The minimum atomic E-state index is -1.17. The van der Waals surface area contributed by atoms with Crippen molar-refractivity contribution in [2.75, 3.05) is 6.61 Å². The van der Waals surface area contributed by atoms with Crippen LogP contribution in [0.4, 0.5) is 0 Å². The number of ether oxygens (including phenoxy) is 2. The van der Waals surface area contributed by atoms with Crippen LogP contribution in [-0.4, -0.2) is 64.3 Å². The maximum absolute atomic E-state index is 11.1. The topological polar surface area (TPSA) is 99.5 Å². The van der Waals surface area contributed by atoms with Gasteiger partial charge in [-0.15, -0.1) is 0 Å². The summed E-state index contributed by atoms with van der Waals surface area (Å²) in [7, 11) is 0. The van der Waals surface area contributed by atoms with Crippen LogP contribution in [0.3, 0.4) is 0 Å². The summed E-state index contributed by atoms with van der Waals surface area (Å²) in [5, 5.41) is 29.4. The highest BCUT2D eigenvalue weighted by Gasteiger charge is 2.47. The van der Waals surface area contributed by atoms with Gasteiger partial charge in [0.1, 0.15) is 6.10 Å². The first kappa shape index (κ1) is 16.8. The van der Waals surface area contributed by atoms with E-state index in [1.54, 1.807) is 6.92 Å². The number of aliphatic hydroxyl groups is 3. The van der Waals surface area contributed by atoms with Crippen molar-refractivity contribution < 1.29 is 29.6 Å². The fourth-order valence-electron chi connectivity index (χ4n) is 2.95. The van der Waals surface area contributed by atoms with E-state index in [0.717, 1.165) is 0 Å². The van der Waals surface area contributed by atoms with Crippen molar-refractivity contribution in [3.05, 3.63) is 0 Å². The van der Waals surface area contributed by atoms with Gasteiger partial charge in [0.15, 0.2) is 5.78 Å². The van der Waals surface area contributed by atoms with E-state index < -0.39 is 24.4 Å². The Morgan fingerprint density at radius 2 is 2.00 bits per heavy atom. The predicted molar refractivity (Wildman–Crippen MR) is 74.7 cm³/mol. The molecular formula is C15H26O6. The number of rotatable bonds is 6. The number of Topliss-reactive ketones (excluding diaryl/α,β-unsaturated/α-hetero) is 1. The van der Waals surface area contributed by atoms with Crippen molar-refractivity contribution in [3.8, 4) is 0 Å². The molecule has 0 amide bonds. The summed E-state index contributed by atoms with van der Waals surface area (Å²) in [6, 6.07) is 0. The number of hydrogen-bond acceptors (Lipinski definition) is 6. The van der Waals surface area contributed by atoms with E-state index in [9.17, 15) is 20.1 Å². The molecule has 0 bridgehead atoms. The normalized spacial score (nSPS) is 40.4. The van der Waals surface area contributed by atoms with E-state index >= 15 is 0 Å². The van der Waals surface area contributed by atoms with Gasteiger partial charge < -0.3 is 24.8 Å². The SMILES string of the molecule is CC(=O)C(O)C1CC(O)C(CC2OC2C(C)C(C)O)CO1. The number of carbonyl (C=O) groups is 1. The molecule has 2 heterocycles. The predicted octanol–water partition coefficient (Wildman–Crippen LogP) is -0.123. The van der Waals surface area contributed by atoms with Gasteiger partial charge in [0.05, 0.1) is 37.1 Å². The molecule has 0 aromatic rings. The summed E-state index contributed by atoms with van der Waals surface area (Å²) >= 11 is 0. The van der Waals surface area contributed by atoms with E-state index in [1.807, 2.05) is 6.92 Å². The van der Waals surface area contributed by atoms with Gasteiger partial charge in [-0.25, -0.2) is 0 Å². The Balaban J connectivity index is 1.79. The Kier molecular flexibility index (Phi) is 5.38. The molecule has 0 aliphatic carbocycles. The molecule has 0 radical (unpaired) electrons. The summed E-state index contributed by atoms with van der Waals surface area (Å²) in [5.74, 6) is -0.331. The third-order valence-corrected chi connectivity index (χ3v) is 4.75. The average Bonchev–Trinajstić information content (AvgIpc) is 3.18. The molecule has 0 spiro atoms. The van der Waals surface area contributed by atoms with Crippen molar-refractivity contribution in [1.82, 2.24) is 0 Å². The average molecular weight is 302 g/mol. The van der Waals surface area contributed by atoms with E-state index in [1.165, 1.54) is 6.92 Å². The monoisotopic (exact) mass is 302 g/mol. The molecule has 2 aliphatic heterocycles. The first-order chi connectivity index (χ1) is 9.81. The maximum Gasteiger partial charge on any atom is 0.160 e. The number of aliphatic hydroxyl groups excluding tert-OH is 3. The van der Waals surface area contributed by atoms with Crippen LogP contribution >= 0.6 is 0 Å². The Morgan fingerprint density at radius 3 is 2.52 bits per heavy atom. The number of epoxide rings is 1. The first-order valence-corrected chi connectivity index (χ1v) is 7.63. The molecule has 122 valence electrons. The molecular weight excluding hydrogens is 276 g/mol. The molecule has 2 fully saturated rings. The molecule has 2 aliphatic rings. The van der Waals surface area contributed by atoms with Gasteiger partial charge in [-0.05, 0) is 20.3 Å². The largest absolute Gasteiger partial charge is 0.393 e. The lowest BCUT2D eigenvalue weighted by Crippen LogP contribution is -2.45. The first-order valence-electron chi connectivity index (χ1n) is 7.63. The molecule has 8 unspecified atom stereocenters. The molecule has 2 saturated heterocycles.